The predicted octanol–water partition coefficient (Wildman–Crippen LogP) is 4.97. The van der Waals surface area contributed by atoms with Crippen LogP contribution in [0.5, 0.6) is 0 Å². The van der Waals surface area contributed by atoms with E-state index in [2.05, 4.69) is 43.1 Å². The molecule has 112 valence electrons. The summed E-state index contributed by atoms with van der Waals surface area (Å²) >= 11 is 0. The Morgan fingerprint density at radius 3 is 2.11 bits per heavy atom. The molecule has 0 radical (unpaired) electrons. The van der Waals surface area contributed by atoms with Gasteiger partial charge in [0, 0.05) is 26.0 Å². The van der Waals surface area contributed by atoms with E-state index in [1.807, 2.05) is 0 Å². The number of rotatable bonds is 11. The normalized spacial score (nSPS) is 18.6. The van der Waals surface area contributed by atoms with Crippen molar-refractivity contribution in [1.82, 2.24) is 9.80 Å². The van der Waals surface area contributed by atoms with Gasteiger partial charge >= 0.3 is 0 Å². The van der Waals surface area contributed by atoms with Crippen molar-refractivity contribution in [3.8, 4) is 0 Å². The van der Waals surface area contributed by atoms with Crippen LogP contribution in [0.4, 0.5) is 0 Å². The van der Waals surface area contributed by atoms with Crippen molar-refractivity contribution >= 4 is 0 Å². The molecule has 0 N–H and O–H groups in total. The van der Waals surface area contributed by atoms with Crippen LogP contribution in [0.3, 0.4) is 0 Å². The monoisotopic (exact) mass is 266 g/mol. The molecule has 1 aliphatic heterocycles. The van der Waals surface area contributed by atoms with Crippen LogP contribution in [0.2, 0.25) is 0 Å². The summed E-state index contributed by atoms with van der Waals surface area (Å²) in [5.74, 6) is 0. The van der Waals surface area contributed by atoms with E-state index >= 15 is 0 Å². The predicted molar refractivity (Wildman–Crippen MR) is 84.9 cm³/mol. The van der Waals surface area contributed by atoms with Crippen molar-refractivity contribution in [2.24, 2.45) is 0 Å². The van der Waals surface area contributed by atoms with Crippen LogP contribution in [-0.4, -0.2) is 29.6 Å². The van der Waals surface area contributed by atoms with Gasteiger partial charge in [0.2, 0.25) is 0 Å². The lowest BCUT2D eigenvalue weighted by molar-refractivity contribution is 0.159. The number of unbranched alkanes of at least 4 members (excludes halogenated alkanes) is 7. The maximum absolute atomic E-state index is 2.55. The van der Waals surface area contributed by atoms with Gasteiger partial charge < -0.3 is 9.80 Å². The largest absolute Gasteiger partial charge is 0.359 e. The summed E-state index contributed by atoms with van der Waals surface area (Å²) in [7, 11) is 2.22. The van der Waals surface area contributed by atoms with Crippen LogP contribution in [-0.2, 0) is 0 Å². The summed E-state index contributed by atoms with van der Waals surface area (Å²) in [6, 6.07) is 0. The van der Waals surface area contributed by atoms with Gasteiger partial charge in [-0.1, -0.05) is 58.8 Å². The van der Waals surface area contributed by atoms with Crippen LogP contribution in [0.1, 0.15) is 78.1 Å². The van der Waals surface area contributed by atoms with Crippen molar-refractivity contribution in [3.63, 3.8) is 0 Å². The molecule has 1 heterocycles. The van der Waals surface area contributed by atoms with Gasteiger partial charge in [-0.2, -0.15) is 0 Å². The molecule has 1 rings (SSSR count). The second-order valence-corrected chi connectivity index (χ2v) is 5.95. The summed E-state index contributed by atoms with van der Waals surface area (Å²) in [6.45, 7) is 5.80. The van der Waals surface area contributed by atoms with Crippen LogP contribution in [0.25, 0.3) is 0 Å². The van der Waals surface area contributed by atoms with E-state index in [-0.39, 0.29) is 0 Å². The molecule has 0 saturated heterocycles. The molecule has 2 nitrogen and oxygen atoms in total. The first-order valence-corrected chi connectivity index (χ1v) is 8.45. The Hall–Kier alpha value is -0.660. The van der Waals surface area contributed by atoms with Gasteiger partial charge in [-0.25, -0.2) is 0 Å². The molecule has 1 unspecified atom stereocenters. The van der Waals surface area contributed by atoms with Crippen LogP contribution < -0.4 is 0 Å². The fraction of sp³-hybridized carbons (Fsp3) is 0.882. The molecule has 0 aromatic heterocycles. The molecule has 1 aliphatic rings. The summed E-state index contributed by atoms with van der Waals surface area (Å²) in [4.78, 5) is 4.94. The number of hydrogen-bond donors (Lipinski definition) is 0. The minimum atomic E-state index is 0.628. The highest BCUT2D eigenvalue weighted by Crippen LogP contribution is 2.20. The highest BCUT2D eigenvalue weighted by molar-refractivity contribution is 4.95. The zero-order valence-corrected chi connectivity index (χ0v) is 13.4. The third-order valence-electron chi connectivity index (χ3n) is 4.18. The third kappa shape index (κ3) is 6.35. The lowest BCUT2D eigenvalue weighted by atomic mass is 10.1. The van der Waals surface area contributed by atoms with Crippen LogP contribution in [0, 0.1) is 0 Å². The van der Waals surface area contributed by atoms with E-state index < -0.39 is 0 Å². The van der Waals surface area contributed by atoms with Crippen LogP contribution >= 0.6 is 0 Å². The van der Waals surface area contributed by atoms with Crippen molar-refractivity contribution < 1.29 is 0 Å². The summed E-state index contributed by atoms with van der Waals surface area (Å²) in [5.41, 5.74) is 0. The van der Waals surface area contributed by atoms with E-state index in [0.29, 0.717) is 6.17 Å². The molecular formula is C17H34N2. The van der Waals surface area contributed by atoms with Crippen LogP contribution in [0.15, 0.2) is 12.4 Å². The topological polar surface area (TPSA) is 6.48 Å². The van der Waals surface area contributed by atoms with E-state index in [4.69, 9.17) is 0 Å². The standard InChI is InChI=1S/C17H34N2/c1-4-6-8-10-11-13-17-18(3)15-16-19(17)14-12-9-7-5-2/h15-17H,4-14H2,1-3H3. The minimum Gasteiger partial charge on any atom is -0.359 e. The fourth-order valence-corrected chi connectivity index (χ4v) is 2.87. The minimum absolute atomic E-state index is 0.628. The van der Waals surface area contributed by atoms with E-state index in [9.17, 15) is 0 Å². The molecule has 0 bridgehead atoms. The van der Waals surface area contributed by atoms with Gasteiger partial charge in [0.15, 0.2) is 0 Å². The molecule has 0 aromatic carbocycles. The lowest BCUT2D eigenvalue weighted by Gasteiger charge is -2.30. The second kappa shape index (κ2) is 10.2. The zero-order chi connectivity index (χ0) is 13.9. The molecule has 19 heavy (non-hydrogen) atoms. The smallest absolute Gasteiger partial charge is 0.100 e. The molecule has 0 saturated carbocycles. The van der Waals surface area contributed by atoms with Crippen molar-refractivity contribution in [3.05, 3.63) is 12.4 Å². The second-order valence-electron chi connectivity index (χ2n) is 5.95. The number of nitrogens with zero attached hydrogens (tertiary/aromatic N) is 2. The first kappa shape index (κ1) is 16.4. The van der Waals surface area contributed by atoms with Gasteiger partial charge in [0.05, 0.1) is 0 Å². The zero-order valence-electron chi connectivity index (χ0n) is 13.4. The molecule has 2 heteroatoms. The van der Waals surface area contributed by atoms with E-state index in [1.165, 1.54) is 70.8 Å². The average molecular weight is 266 g/mol. The Morgan fingerprint density at radius 2 is 1.42 bits per heavy atom. The summed E-state index contributed by atoms with van der Waals surface area (Å²) in [5, 5.41) is 0. The maximum Gasteiger partial charge on any atom is 0.100 e. The van der Waals surface area contributed by atoms with Gasteiger partial charge in [0.1, 0.15) is 6.17 Å². The SMILES string of the molecule is CCCCCCCC1N(C)C=CN1CCCCCC. The molecule has 0 fully saturated rings. The van der Waals surface area contributed by atoms with E-state index in [0.717, 1.165) is 0 Å². The number of hydrogen-bond acceptors (Lipinski definition) is 2. The average Bonchev–Trinajstić information content (AvgIpc) is 2.76. The fourth-order valence-electron chi connectivity index (χ4n) is 2.87. The first-order chi connectivity index (χ1) is 9.29. The van der Waals surface area contributed by atoms with Gasteiger partial charge in [0.25, 0.3) is 0 Å². The Kier molecular flexibility index (Phi) is 8.77. The first-order valence-electron chi connectivity index (χ1n) is 8.45. The Morgan fingerprint density at radius 1 is 0.789 bits per heavy atom. The van der Waals surface area contributed by atoms with Gasteiger partial charge in [-0.15, -0.1) is 0 Å². The van der Waals surface area contributed by atoms with Gasteiger partial charge in [-0.05, 0) is 19.3 Å². The summed E-state index contributed by atoms with van der Waals surface area (Å²) < 4.78 is 0. The van der Waals surface area contributed by atoms with E-state index in [1.54, 1.807) is 0 Å². The van der Waals surface area contributed by atoms with Crippen molar-refractivity contribution in [2.45, 2.75) is 84.2 Å². The molecule has 0 aromatic rings. The highest BCUT2D eigenvalue weighted by atomic mass is 15.4. The van der Waals surface area contributed by atoms with Gasteiger partial charge in [-0.3, -0.25) is 0 Å². The Labute approximate surface area is 120 Å². The van der Waals surface area contributed by atoms with Crippen molar-refractivity contribution in [2.75, 3.05) is 13.6 Å². The Balaban J connectivity index is 2.17. The summed E-state index contributed by atoms with van der Waals surface area (Å²) in [6.07, 6.45) is 18.9. The lowest BCUT2D eigenvalue weighted by Crippen LogP contribution is -2.36. The Bertz CT molecular complexity index is 237. The molecular weight excluding hydrogens is 232 g/mol. The van der Waals surface area contributed by atoms with Crippen molar-refractivity contribution in [1.29, 1.82) is 0 Å². The molecule has 0 aliphatic carbocycles. The molecule has 1 atom stereocenters. The quantitative estimate of drug-likeness (QED) is 0.487. The highest BCUT2D eigenvalue weighted by Gasteiger charge is 2.22. The maximum atomic E-state index is 2.55. The molecule has 0 spiro atoms. The third-order valence-corrected chi connectivity index (χ3v) is 4.18. The molecule has 0 amide bonds.